The molecule has 4 nitrogen and oxygen atoms in total. The van der Waals surface area contributed by atoms with E-state index in [0.717, 1.165) is 32.0 Å². The van der Waals surface area contributed by atoms with E-state index in [1.54, 1.807) is 0 Å². The highest BCUT2D eigenvalue weighted by Gasteiger charge is 2.70. The zero-order chi connectivity index (χ0) is 16.9. The average Bonchev–Trinajstić information content (AvgIpc) is 3.17. The maximum Gasteiger partial charge on any atom is 0.172 e. The molecule has 4 heteroatoms. The van der Waals surface area contributed by atoms with Crippen LogP contribution in [0.4, 0.5) is 0 Å². The number of fused-ring (bicyclic) bond motifs is 2. The van der Waals surface area contributed by atoms with Gasteiger partial charge in [0, 0.05) is 17.8 Å². The van der Waals surface area contributed by atoms with E-state index >= 15 is 0 Å². The maximum atomic E-state index is 12.2. The first-order valence-corrected chi connectivity index (χ1v) is 8.75. The van der Waals surface area contributed by atoms with Gasteiger partial charge in [-0.2, -0.15) is 0 Å². The average molecular weight is 320 g/mol. The quantitative estimate of drug-likeness (QED) is 0.641. The van der Waals surface area contributed by atoms with Gasteiger partial charge in [-0.25, -0.2) is 0 Å². The lowest BCUT2D eigenvalue weighted by atomic mass is 9.48. The van der Waals surface area contributed by atoms with Gasteiger partial charge in [-0.3, -0.25) is 0 Å². The van der Waals surface area contributed by atoms with Gasteiger partial charge < -0.3 is 19.4 Å². The van der Waals surface area contributed by atoms with Crippen LogP contribution >= 0.6 is 0 Å². The molecule has 0 bridgehead atoms. The number of aldehydes is 1. The number of carbonyl (C=O) groups is 1. The van der Waals surface area contributed by atoms with E-state index in [-0.39, 0.29) is 23.2 Å². The second-order valence-corrected chi connectivity index (χ2v) is 8.00. The van der Waals surface area contributed by atoms with Gasteiger partial charge in [0.05, 0.1) is 13.2 Å². The Kier molecular flexibility index (Phi) is 4.11. The van der Waals surface area contributed by atoms with E-state index < -0.39 is 17.3 Å². The first-order chi connectivity index (χ1) is 10.9. The molecule has 2 saturated carbocycles. The summed E-state index contributed by atoms with van der Waals surface area (Å²) in [5, 5.41) is 10.4. The highest BCUT2D eigenvalue weighted by atomic mass is 16.7. The van der Waals surface area contributed by atoms with Crippen molar-refractivity contribution in [1.82, 2.24) is 0 Å². The van der Waals surface area contributed by atoms with Crippen LogP contribution in [-0.4, -0.2) is 36.5 Å². The molecule has 3 aliphatic rings. The number of rotatable bonds is 3. The van der Waals surface area contributed by atoms with Gasteiger partial charge >= 0.3 is 0 Å². The first kappa shape index (κ1) is 17.0. The van der Waals surface area contributed by atoms with Gasteiger partial charge in [0.2, 0.25) is 0 Å². The van der Waals surface area contributed by atoms with Crippen LogP contribution in [0.2, 0.25) is 0 Å². The Bertz CT molecular complexity index is 518. The number of aliphatic hydroxyl groups is 1. The molecule has 1 spiro atoms. The molecule has 0 unspecified atom stereocenters. The summed E-state index contributed by atoms with van der Waals surface area (Å²) in [6, 6.07) is 0. The minimum absolute atomic E-state index is 0.0655. The number of ether oxygens (including phenoxy) is 2. The fraction of sp³-hybridized carbons (Fsp3) is 0.842. The van der Waals surface area contributed by atoms with Gasteiger partial charge in [0.15, 0.2) is 5.79 Å². The van der Waals surface area contributed by atoms with Gasteiger partial charge in [-0.1, -0.05) is 26.7 Å². The Balaban J connectivity index is 2.11. The van der Waals surface area contributed by atoms with Crippen molar-refractivity contribution in [2.24, 2.45) is 28.6 Å². The summed E-state index contributed by atoms with van der Waals surface area (Å²) >= 11 is 0. The predicted octanol–water partition coefficient (Wildman–Crippen LogP) is 2.39. The Morgan fingerprint density at radius 3 is 2.52 bits per heavy atom. The van der Waals surface area contributed by atoms with E-state index in [1.165, 1.54) is 0 Å². The molecular formula is C19H28O4. The van der Waals surface area contributed by atoms with Crippen LogP contribution in [0.5, 0.6) is 0 Å². The Hall–Kier alpha value is -0.890. The Morgan fingerprint density at radius 2 is 1.96 bits per heavy atom. The van der Waals surface area contributed by atoms with Crippen molar-refractivity contribution in [2.75, 3.05) is 13.2 Å². The van der Waals surface area contributed by atoms with E-state index in [1.807, 2.05) is 13.8 Å². The van der Waals surface area contributed by atoms with Crippen molar-refractivity contribution in [3.05, 3.63) is 0 Å². The lowest BCUT2D eigenvalue weighted by Gasteiger charge is -2.56. The molecule has 1 heterocycles. The van der Waals surface area contributed by atoms with Crippen LogP contribution < -0.4 is 0 Å². The SMILES string of the molecule is C#C[C@@H](O)[C@@H](C)[C@@]12CC[C@@H](C)[C@@](C)(C=O)[C@@H]1C1(CC2)OCCO1. The molecule has 0 radical (unpaired) electrons. The summed E-state index contributed by atoms with van der Waals surface area (Å²) in [6.07, 6.45) is 9.37. The van der Waals surface area contributed by atoms with Crippen molar-refractivity contribution in [3.8, 4) is 12.3 Å². The Labute approximate surface area is 138 Å². The molecule has 1 N–H and O–H groups in total. The molecule has 2 aliphatic carbocycles. The number of carbonyl (C=O) groups excluding carboxylic acids is 1. The summed E-state index contributed by atoms with van der Waals surface area (Å²) in [6.45, 7) is 7.34. The van der Waals surface area contributed by atoms with Crippen molar-refractivity contribution < 1.29 is 19.4 Å². The molecule has 23 heavy (non-hydrogen) atoms. The molecule has 0 aromatic rings. The van der Waals surface area contributed by atoms with Crippen LogP contribution in [0.15, 0.2) is 0 Å². The largest absolute Gasteiger partial charge is 0.380 e. The molecular weight excluding hydrogens is 292 g/mol. The number of aliphatic hydroxyl groups excluding tert-OH is 1. The fourth-order valence-electron chi connectivity index (χ4n) is 5.72. The molecule has 128 valence electrons. The van der Waals surface area contributed by atoms with Crippen LogP contribution in [0, 0.1) is 40.9 Å². The summed E-state index contributed by atoms with van der Waals surface area (Å²) in [4.78, 5) is 12.2. The first-order valence-electron chi connectivity index (χ1n) is 8.75. The van der Waals surface area contributed by atoms with E-state index in [4.69, 9.17) is 15.9 Å². The van der Waals surface area contributed by atoms with Gasteiger partial charge in [-0.05, 0) is 36.5 Å². The van der Waals surface area contributed by atoms with E-state index in [2.05, 4.69) is 12.8 Å². The van der Waals surface area contributed by atoms with Gasteiger partial charge in [0.25, 0.3) is 0 Å². The normalized spacial score (nSPS) is 44.5. The smallest absolute Gasteiger partial charge is 0.172 e. The van der Waals surface area contributed by atoms with E-state index in [0.29, 0.717) is 13.2 Å². The lowest BCUT2D eigenvalue weighted by molar-refractivity contribution is -0.243. The summed E-state index contributed by atoms with van der Waals surface area (Å²) in [5.74, 6) is 1.91. The van der Waals surface area contributed by atoms with Crippen LogP contribution in [-0.2, 0) is 14.3 Å². The van der Waals surface area contributed by atoms with E-state index in [9.17, 15) is 9.90 Å². The van der Waals surface area contributed by atoms with Crippen LogP contribution in [0.1, 0.15) is 46.5 Å². The number of hydrogen-bond donors (Lipinski definition) is 1. The standard InChI is InChI=1S/C19H28O4/c1-5-15(21)14(3)18-7-6-13(2)17(4,12-20)16(18)19(9-8-18)22-10-11-23-19/h1,12-16,21H,6-11H2,2-4H3/t13-,14-,15-,16+,17-,18+/m1/s1. The van der Waals surface area contributed by atoms with Crippen molar-refractivity contribution in [2.45, 2.75) is 58.3 Å². The fourth-order valence-corrected chi connectivity index (χ4v) is 5.72. The molecule has 0 aromatic carbocycles. The van der Waals surface area contributed by atoms with Crippen molar-refractivity contribution in [1.29, 1.82) is 0 Å². The maximum absolute atomic E-state index is 12.2. The molecule has 0 amide bonds. The molecule has 3 fully saturated rings. The summed E-state index contributed by atoms with van der Waals surface area (Å²) < 4.78 is 12.2. The zero-order valence-electron chi connectivity index (χ0n) is 14.4. The third-order valence-corrected chi connectivity index (χ3v) is 7.26. The third-order valence-electron chi connectivity index (χ3n) is 7.26. The highest BCUT2D eigenvalue weighted by molar-refractivity contribution is 5.61. The Morgan fingerprint density at radius 1 is 1.30 bits per heavy atom. The molecule has 1 saturated heterocycles. The van der Waals surface area contributed by atoms with Crippen LogP contribution in [0.25, 0.3) is 0 Å². The molecule has 6 atom stereocenters. The van der Waals surface area contributed by atoms with Crippen molar-refractivity contribution >= 4 is 6.29 Å². The molecule has 0 aromatic heterocycles. The van der Waals surface area contributed by atoms with Gasteiger partial charge in [-0.15, -0.1) is 6.42 Å². The summed E-state index contributed by atoms with van der Waals surface area (Å²) in [7, 11) is 0. The van der Waals surface area contributed by atoms with Crippen molar-refractivity contribution in [3.63, 3.8) is 0 Å². The minimum atomic E-state index is -0.807. The second kappa shape index (κ2) is 5.58. The lowest BCUT2D eigenvalue weighted by Crippen LogP contribution is -2.59. The van der Waals surface area contributed by atoms with Crippen LogP contribution in [0.3, 0.4) is 0 Å². The third kappa shape index (κ3) is 2.13. The number of terminal acetylenes is 1. The summed E-state index contributed by atoms with van der Waals surface area (Å²) in [5.41, 5.74) is -0.736. The highest BCUT2D eigenvalue weighted by Crippen LogP contribution is 2.68. The second-order valence-electron chi connectivity index (χ2n) is 8.00. The number of hydrogen-bond acceptors (Lipinski definition) is 4. The molecule has 3 rings (SSSR count). The topological polar surface area (TPSA) is 55.8 Å². The predicted molar refractivity (Wildman–Crippen MR) is 86.4 cm³/mol. The monoisotopic (exact) mass is 320 g/mol. The minimum Gasteiger partial charge on any atom is -0.380 e. The van der Waals surface area contributed by atoms with Gasteiger partial charge in [0.1, 0.15) is 12.4 Å². The zero-order valence-corrected chi connectivity index (χ0v) is 14.4. The molecule has 1 aliphatic heterocycles.